The molecular weight excluding hydrogens is 350 g/mol. The fourth-order valence-electron chi connectivity index (χ4n) is 4.88. The lowest BCUT2D eigenvalue weighted by molar-refractivity contribution is -0.123. The summed E-state index contributed by atoms with van der Waals surface area (Å²) in [4.78, 5) is 39.5. The van der Waals surface area contributed by atoms with E-state index in [0.29, 0.717) is 28.1 Å². The fourth-order valence-corrected chi connectivity index (χ4v) is 5.48. The summed E-state index contributed by atoms with van der Waals surface area (Å²) in [5.74, 6) is 0.356. The summed E-state index contributed by atoms with van der Waals surface area (Å²) in [7, 11) is 0. The predicted octanol–water partition coefficient (Wildman–Crippen LogP) is 3.50. The third kappa shape index (κ3) is 2.25. The molecule has 1 saturated heterocycles. The molecule has 5 rings (SSSR count). The van der Waals surface area contributed by atoms with Crippen molar-refractivity contribution in [3.63, 3.8) is 0 Å². The van der Waals surface area contributed by atoms with Crippen molar-refractivity contribution in [3.05, 3.63) is 46.7 Å². The first-order valence-corrected chi connectivity index (χ1v) is 9.75. The van der Waals surface area contributed by atoms with Crippen molar-refractivity contribution in [3.8, 4) is 5.75 Å². The summed E-state index contributed by atoms with van der Waals surface area (Å²) in [6, 6.07) is 10.1. The molecule has 0 spiro atoms. The Morgan fingerprint density at radius 1 is 1.00 bits per heavy atom. The van der Waals surface area contributed by atoms with Gasteiger partial charge in [-0.25, -0.2) is 4.79 Å². The summed E-state index contributed by atoms with van der Waals surface area (Å²) in [6.45, 7) is 0. The molecule has 2 amide bonds. The van der Waals surface area contributed by atoms with Gasteiger partial charge in [0.2, 0.25) is 11.8 Å². The number of carbonyl (C=O) groups is 3. The second-order valence-electron chi connectivity index (χ2n) is 7.26. The third-order valence-electron chi connectivity index (χ3n) is 5.96. The molecule has 6 heteroatoms. The molecule has 3 fully saturated rings. The SMILES string of the molecule is O=C(Oc1ccc(N2C(=O)[C@H]3[C@H]4CC[C@@H](C4)[C@@H]3C2=O)cc1)c1cccs1. The summed E-state index contributed by atoms with van der Waals surface area (Å²) >= 11 is 1.32. The number of esters is 1. The second kappa shape index (κ2) is 5.77. The first-order chi connectivity index (χ1) is 12.6. The van der Waals surface area contributed by atoms with Crippen LogP contribution in [0.3, 0.4) is 0 Å². The highest BCUT2D eigenvalue weighted by molar-refractivity contribution is 7.12. The van der Waals surface area contributed by atoms with Gasteiger partial charge < -0.3 is 4.74 Å². The number of carbonyl (C=O) groups excluding carboxylic acids is 3. The number of ether oxygens (including phenoxy) is 1. The molecule has 1 aromatic heterocycles. The Balaban J connectivity index is 1.36. The smallest absolute Gasteiger partial charge is 0.353 e. The van der Waals surface area contributed by atoms with Crippen molar-refractivity contribution in [1.29, 1.82) is 0 Å². The van der Waals surface area contributed by atoms with Gasteiger partial charge in [-0.3, -0.25) is 14.5 Å². The van der Waals surface area contributed by atoms with E-state index in [2.05, 4.69) is 0 Å². The molecule has 3 aliphatic rings. The van der Waals surface area contributed by atoms with Gasteiger partial charge in [0.15, 0.2) is 0 Å². The van der Waals surface area contributed by atoms with E-state index in [1.54, 1.807) is 36.4 Å². The van der Waals surface area contributed by atoms with E-state index in [0.717, 1.165) is 19.3 Å². The zero-order chi connectivity index (χ0) is 17.8. The minimum absolute atomic E-state index is 0.0597. The molecule has 4 atom stereocenters. The number of rotatable bonds is 3. The van der Waals surface area contributed by atoms with E-state index >= 15 is 0 Å². The van der Waals surface area contributed by atoms with E-state index in [-0.39, 0.29) is 23.7 Å². The number of anilines is 1. The number of imide groups is 1. The number of hydrogen-bond acceptors (Lipinski definition) is 5. The summed E-state index contributed by atoms with van der Waals surface area (Å²) in [5, 5.41) is 1.81. The number of hydrogen-bond donors (Lipinski definition) is 0. The summed E-state index contributed by atoms with van der Waals surface area (Å²) < 4.78 is 5.33. The second-order valence-corrected chi connectivity index (χ2v) is 8.21. The van der Waals surface area contributed by atoms with Gasteiger partial charge in [0.05, 0.1) is 17.5 Å². The van der Waals surface area contributed by atoms with Gasteiger partial charge in [-0.1, -0.05) is 6.07 Å². The van der Waals surface area contributed by atoms with Gasteiger partial charge in [-0.2, -0.15) is 0 Å². The minimum Gasteiger partial charge on any atom is -0.422 e. The van der Waals surface area contributed by atoms with Crippen molar-refractivity contribution >= 4 is 34.8 Å². The van der Waals surface area contributed by atoms with Crippen molar-refractivity contribution in [1.82, 2.24) is 0 Å². The van der Waals surface area contributed by atoms with Crippen LogP contribution in [-0.4, -0.2) is 17.8 Å². The zero-order valence-electron chi connectivity index (χ0n) is 14.0. The molecule has 2 aromatic rings. The Bertz CT molecular complexity index is 861. The Morgan fingerprint density at radius 2 is 1.65 bits per heavy atom. The van der Waals surface area contributed by atoms with Crippen molar-refractivity contribution in [2.45, 2.75) is 19.3 Å². The molecule has 2 saturated carbocycles. The van der Waals surface area contributed by atoms with Crippen molar-refractivity contribution in [2.24, 2.45) is 23.7 Å². The number of fused-ring (bicyclic) bond motifs is 5. The highest BCUT2D eigenvalue weighted by Crippen LogP contribution is 2.56. The van der Waals surface area contributed by atoms with Crippen LogP contribution >= 0.6 is 11.3 Å². The van der Waals surface area contributed by atoms with Gasteiger partial charge >= 0.3 is 5.97 Å². The number of nitrogens with zero attached hydrogens (tertiary/aromatic N) is 1. The maximum atomic E-state index is 12.8. The number of amides is 2. The maximum absolute atomic E-state index is 12.8. The van der Waals surface area contributed by atoms with Gasteiger partial charge in [-0.05, 0) is 66.8 Å². The topological polar surface area (TPSA) is 63.7 Å². The quantitative estimate of drug-likeness (QED) is 0.473. The van der Waals surface area contributed by atoms with Gasteiger partial charge in [0, 0.05) is 0 Å². The van der Waals surface area contributed by atoms with Crippen LogP contribution in [0.15, 0.2) is 41.8 Å². The van der Waals surface area contributed by atoms with Crippen LogP contribution in [0.2, 0.25) is 0 Å². The van der Waals surface area contributed by atoms with Crippen LogP contribution < -0.4 is 9.64 Å². The first kappa shape index (κ1) is 15.8. The average Bonchev–Trinajstić information content (AvgIpc) is 3.41. The Kier molecular flexibility index (Phi) is 3.50. The van der Waals surface area contributed by atoms with Crippen molar-refractivity contribution in [2.75, 3.05) is 4.90 Å². The highest BCUT2D eigenvalue weighted by atomic mass is 32.1. The molecule has 1 aromatic carbocycles. The molecule has 2 aliphatic carbocycles. The molecule has 2 heterocycles. The van der Waals surface area contributed by atoms with E-state index in [9.17, 15) is 14.4 Å². The minimum atomic E-state index is -0.410. The van der Waals surface area contributed by atoms with Crippen LogP contribution in [0.5, 0.6) is 5.75 Å². The van der Waals surface area contributed by atoms with Crippen LogP contribution in [0.1, 0.15) is 28.9 Å². The molecule has 0 N–H and O–H groups in total. The Hall–Kier alpha value is -2.47. The maximum Gasteiger partial charge on any atom is 0.353 e. The van der Waals surface area contributed by atoms with Crippen LogP contribution in [0, 0.1) is 23.7 Å². The summed E-state index contributed by atoms with van der Waals surface area (Å²) in [5.41, 5.74) is 0.560. The standard InChI is InChI=1S/C20H17NO4S/c22-18-16-11-3-4-12(10-11)17(16)19(23)21(18)13-5-7-14(8-6-13)25-20(24)15-2-1-9-26-15/h1-2,5-9,11-12,16-17H,3-4,10H2/t11-,12-,16-,17-/m0/s1. The van der Waals surface area contributed by atoms with E-state index in [4.69, 9.17) is 4.74 Å². The Morgan fingerprint density at radius 3 is 2.23 bits per heavy atom. The van der Waals surface area contributed by atoms with Gasteiger partial charge in [0.1, 0.15) is 10.6 Å². The zero-order valence-corrected chi connectivity index (χ0v) is 14.8. The number of thiophene rings is 1. The van der Waals surface area contributed by atoms with Gasteiger partial charge in [0.25, 0.3) is 0 Å². The largest absolute Gasteiger partial charge is 0.422 e. The lowest BCUT2D eigenvalue weighted by Crippen LogP contribution is -2.32. The molecule has 0 unspecified atom stereocenters. The summed E-state index contributed by atoms with van der Waals surface area (Å²) in [6.07, 6.45) is 3.16. The molecule has 132 valence electrons. The predicted molar refractivity (Wildman–Crippen MR) is 96.0 cm³/mol. The molecular formula is C20H17NO4S. The van der Waals surface area contributed by atoms with Crippen LogP contribution in [0.4, 0.5) is 5.69 Å². The lowest BCUT2D eigenvalue weighted by Gasteiger charge is -2.19. The Labute approximate surface area is 154 Å². The molecule has 2 bridgehead atoms. The van der Waals surface area contributed by atoms with E-state index in [1.165, 1.54) is 16.2 Å². The molecule has 1 aliphatic heterocycles. The van der Waals surface area contributed by atoms with Crippen LogP contribution in [0.25, 0.3) is 0 Å². The van der Waals surface area contributed by atoms with Crippen LogP contribution in [-0.2, 0) is 9.59 Å². The average molecular weight is 367 g/mol. The monoisotopic (exact) mass is 367 g/mol. The van der Waals surface area contributed by atoms with E-state index in [1.807, 2.05) is 5.38 Å². The van der Waals surface area contributed by atoms with Crippen molar-refractivity contribution < 1.29 is 19.1 Å². The fraction of sp³-hybridized carbons (Fsp3) is 0.350. The van der Waals surface area contributed by atoms with E-state index < -0.39 is 5.97 Å². The normalized spacial score (nSPS) is 29.3. The molecule has 26 heavy (non-hydrogen) atoms. The number of benzene rings is 1. The first-order valence-electron chi connectivity index (χ1n) is 8.87. The highest BCUT2D eigenvalue weighted by Gasteiger charge is 2.61. The molecule has 0 radical (unpaired) electrons. The van der Waals surface area contributed by atoms with Gasteiger partial charge in [-0.15, -0.1) is 11.3 Å². The molecule has 5 nitrogen and oxygen atoms in total. The lowest BCUT2D eigenvalue weighted by atomic mass is 9.81. The third-order valence-corrected chi connectivity index (χ3v) is 6.81.